The summed E-state index contributed by atoms with van der Waals surface area (Å²) in [5.74, 6) is -0.331. The molecule has 1 saturated heterocycles. The Morgan fingerprint density at radius 3 is 2.24 bits per heavy atom. The first-order valence-electron chi connectivity index (χ1n) is 12.0. The van der Waals surface area contributed by atoms with Gasteiger partial charge in [0.25, 0.3) is 11.8 Å². The van der Waals surface area contributed by atoms with Crippen LogP contribution in [0.4, 0.5) is 17.1 Å². The maximum Gasteiger partial charge on any atom is 0.257 e. The molecule has 3 aromatic carbocycles. The van der Waals surface area contributed by atoms with E-state index in [1.807, 2.05) is 12.1 Å². The number of nitrogens with zero attached hydrogens (tertiary/aromatic N) is 2. The number of hydrogen-bond donors (Lipinski definition) is 3. The number of likely N-dealkylation sites (N-methyl/N-ethyl adjacent to an activating group) is 1. The minimum absolute atomic E-state index is 0. The molecule has 3 N–H and O–H groups in total. The summed E-state index contributed by atoms with van der Waals surface area (Å²) in [7, 11) is 3.70. The molecule has 0 atom stereocenters. The SMILES string of the molecule is COc1ccc(NC(=O)c2ccc(C)c(O)c2NC(=O)c2ccc(N3CCCN(C)CC3)cc2)cc1.Cl. The van der Waals surface area contributed by atoms with E-state index in [1.54, 1.807) is 62.6 Å². The largest absolute Gasteiger partial charge is 0.505 e. The zero-order valence-corrected chi connectivity index (χ0v) is 22.1. The summed E-state index contributed by atoms with van der Waals surface area (Å²) in [6.07, 6.45) is 1.09. The number of carbonyl (C=O) groups is 2. The second-order valence-corrected chi connectivity index (χ2v) is 8.98. The Labute approximate surface area is 223 Å². The molecule has 37 heavy (non-hydrogen) atoms. The number of halogens is 1. The first-order valence-corrected chi connectivity index (χ1v) is 12.0. The average Bonchev–Trinajstić information content (AvgIpc) is 3.11. The third-order valence-electron chi connectivity index (χ3n) is 6.42. The number of aryl methyl sites for hydroxylation is 1. The highest BCUT2D eigenvalue weighted by molar-refractivity contribution is 6.13. The van der Waals surface area contributed by atoms with Crippen molar-refractivity contribution in [1.82, 2.24) is 4.90 Å². The zero-order chi connectivity index (χ0) is 25.7. The van der Waals surface area contributed by atoms with Crippen molar-refractivity contribution >= 4 is 41.3 Å². The van der Waals surface area contributed by atoms with Gasteiger partial charge >= 0.3 is 0 Å². The van der Waals surface area contributed by atoms with E-state index in [4.69, 9.17) is 4.74 Å². The van der Waals surface area contributed by atoms with Crippen molar-refractivity contribution in [3.63, 3.8) is 0 Å². The third-order valence-corrected chi connectivity index (χ3v) is 6.42. The van der Waals surface area contributed by atoms with Crippen molar-refractivity contribution in [2.75, 3.05) is 55.9 Å². The van der Waals surface area contributed by atoms with Crippen LogP contribution in [0.1, 0.15) is 32.7 Å². The molecule has 2 amide bonds. The van der Waals surface area contributed by atoms with Gasteiger partial charge in [-0.1, -0.05) is 6.07 Å². The van der Waals surface area contributed by atoms with Gasteiger partial charge in [-0.25, -0.2) is 0 Å². The van der Waals surface area contributed by atoms with Gasteiger partial charge in [-0.3, -0.25) is 9.59 Å². The number of carbonyl (C=O) groups excluding carboxylic acids is 2. The second kappa shape index (κ2) is 12.5. The number of anilines is 3. The van der Waals surface area contributed by atoms with Gasteiger partial charge in [0, 0.05) is 36.6 Å². The molecular weight excluding hydrogens is 492 g/mol. The van der Waals surface area contributed by atoms with Gasteiger partial charge in [0.15, 0.2) is 0 Å². The predicted octanol–water partition coefficient (Wildman–Crippen LogP) is 4.78. The number of hydrogen-bond acceptors (Lipinski definition) is 6. The molecule has 0 spiro atoms. The normalized spacial score (nSPS) is 13.8. The van der Waals surface area contributed by atoms with Crippen molar-refractivity contribution in [2.24, 2.45) is 0 Å². The van der Waals surface area contributed by atoms with Crippen molar-refractivity contribution in [1.29, 1.82) is 0 Å². The summed E-state index contributed by atoms with van der Waals surface area (Å²) < 4.78 is 5.15. The number of phenols is 1. The summed E-state index contributed by atoms with van der Waals surface area (Å²) in [4.78, 5) is 30.7. The molecule has 1 aliphatic heterocycles. The summed E-state index contributed by atoms with van der Waals surface area (Å²) in [6.45, 7) is 5.69. The first-order chi connectivity index (χ1) is 17.4. The van der Waals surface area contributed by atoms with Crippen LogP contribution in [0.25, 0.3) is 0 Å². The van der Waals surface area contributed by atoms with E-state index < -0.39 is 11.8 Å². The quantitative estimate of drug-likeness (QED) is 0.402. The summed E-state index contributed by atoms with van der Waals surface area (Å²) in [5, 5.41) is 16.2. The van der Waals surface area contributed by atoms with Gasteiger partial charge in [-0.15, -0.1) is 12.4 Å². The number of aromatic hydroxyl groups is 1. The molecule has 196 valence electrons. The third kappa shape index (κ3) is 6.72. The Hall–Kier alpha value is -3.75. The van der Waals surface area contributed by atoms with Gasteiger partial charge in [-0.2, -0.15) is 0 Å². The van der Waals surface area contributed by atoms with E-state index in [2.05, 4.69) is 27.5 Å². The van der Waals surface area contributed by atoms with Crippen LogP contribution in [-0.2, 0) is 0 Å². The molecule has 0 saturated carbocycles. The molecule has 0 unspecified atom stereocenters. The van der Waals surface area contributed by atoms with Crippen LogP contribution in [0.15, 0.2) is 60.7 Å². The molecule has 3 aromatic rings. The lowest BCUT2D eigenvalue weighted by Gasteiger charge is -2.23. The van der Waals surface area contributed by atoms with Gasteiger partial charge in [0.2, 0.25) is 0 Å². The minimum atomic E-state index is -0.452. The Bertz CT molecular complexity index is 1230. The van der Waals surface area contributed by atoms with Crippen LogP contribution in [-0.4, -0.2) is 62.2 Å². The minimum Gasteiger partial charge on any atom is -0.505 e. The van der Waals surface area contributed by atoms with E-state index >= 15 is 0 Å². The molecule has 1 heterocycles. The highest BCUT2D eigenvalue weighted by Gasteiger charge is 2.20. The fraction of sp³-hybridized carbons (Fsp3) is 0.286. The second-order valence-electron chi connectivity index (χ2n) is 8.98. The first kappa shape index (κ1) is 27.8. The van der Waals surface area contributed by atoms with Crippen LogP contribution in [0.3, 0.4) is 0 Å². The number of nitrogens with one attached hydrogen (secondary N) is 2. The lowest BCUT2D eigenvalue weighted by Crippen LogP contribution is -2.28. The average molecular weight is 525 g/mol. The molecule has 8 nitrogen and oxygen atoms in total. The van der Waals surface area contributed by atoms with Gasteiger partial charge in [-0.05, 0) is 87.1 Å². The molecule has 9 heteroatoms. The fourth-order valence-corrected chi connectivity index (χ4v) is 4.20. The van der Waals surface area contributed by atoms with Gasteiger partial charge in [0.05, 0.1) is 18.4 Å². The summed E-state index contributed by atoms with van der Waals surface area (Å²) >= 11 is 0. The lowest BCUT2D eigenvalue weighted by molar-refractivity contribution is 0.102. The monoisotopic (exact) mass is 524 g/mol. The molecular formula is C28H33ClN4O4. The lowest BCUT2D eigenvalue weighted by atomic mass is 10.1. The summed E-state index contributed by atoms with van der Waals surface area (Å²) in [5.41, 5.74) is 2.85. The van der Waals surface area contributed by atoms with E-state index in [-0.39, 0.29) is 29.4 Å². The highest BCUT2D eigenvalue weighted by Crippen LogP contribution is 2.32. The van der Waals surface area contributed by atoms with Crippen LogP contribution < -0.4 is 20.3 Å². The maximum atomic E-state index is 13.1. The number of amides is 2. The Morgan fingerprint density at radius 1 is 0.865 bits per heavy atom. The molecule has 0 aliphatic carbocycles. The summed E-state index contributed by atoms with van der Waals surface area (Å²) in [6, 6.07) is 17.5. The molecule has 0 radical (unpaired) electrons. The smallest absolute Gasteiger partial charge is 0.257 e. The Kier molecular flexibility index (Phi) is 9.38. The molecule has 1 fully saturated rings. The fourth-order valence-electron chi connectivity index (χ4n) is 4.20. The van der Waals surface area contributed by atoms with Crippen LogP contribution in [0.5, 0.6) is 11.5 Å². The number of benzene rings is 3. The molecule has 1 aliphatic rings. The van der Waals surface area contributed by atoms with Crippen LogP contribution in [0, 0.1) is 6.92 Å². The van der Waals surface area contributed by atoms with Crippen molar-refractivity contribution < 1.29 is 19.4 Å². The number of phenolic OH excluding ortho intramolecular Hbond substituents is 1. The predicted molar refractivity (Wildman–Crippen MR) is 150 cm³/mol. The van der Waals surface area contributed by atoms with E-state index in [0.717, 1.165) is 38.3 Å². The zero-order valence-electron chi connectivity index (χ0n) is 21.3. The van der Waals surface area contributed by atoms with E-state index in [1.165, 1.54) is 0 Å². The standard InChI is InChI=1S/C28H32N4O4.ClH/c1-19-5-14-24(28(35)29-21-8-12-23(36-3)13-9-21)25(26(19)33)30-27(34)20-6-10-22(11-7-20)32-16-4-15-31(2)17-18-32;/h5-14,33H,4,15-18H2,1-3H3,(H,29,35)(H,30,34);1H. The Balaban J connectivity index is 0.00000380. The number of ether oxygens (including phenoxy) is 1. The highest BCUT2D eigenvalue weighted by atomic mass is 35.5. The Morgan fingerprint density at radius 2 is 1.57 bits per heavy atom. The topological polar surface area (TPSA) is 94.1 Å². The van der Waals surface area contributed by atoms with E-state index in [0.29, 0.717) is 22.6 Å². The van der Waals surface area contributed by atoms with Crippen molar-refractivity contribution in [2.45, 2.75) is 13.3 Å². The van der Waals surface area contributed by atoms with Crippen LogP contribution >= 0.6 is 12.4 Å². The molecule has 0 bridgehead atoms. The molecule has 4 rings (SSSR count). The van der Waals surface area contributed by atoms with E-state index in [9.17, 15) is 14.7 Å². The van der Waals surface area contributed by atoms with Gasteiger partial charge < -0.3 is 30.3 Å². The van der Waals surface area contributed by atoms with Crippen molar-refractivity contribution in [3.05, 3.63) is 77.4 Å². The van der Waals surface area contributed by atoms with Crippen LogP contribution in [0.2, 0.25) is 0 Å². The van der Waals surface area contributed by atoms with Gasteiger partial charge in [0.1, 0.15) is 11.5 Å². The molecule has 0 aromatic heterocycles. The maximum absolute atomic E-state index is 13.1. The van der Waals surface area contributed by atoms with Crippen molar-refractivity contribution in [3.8, 4) is 11.5 Å². The number of rotatable bonds is 6. The number of methoxy groups -OCH3 is 1.